The lowest BCUT2D eigenvalue weighted by molar-refractivity contribution is 0.0697. The van der Waals surface area contributed by atoms with Gasteiger partial charge in [-0.05, 0) is 30.2 Å². The third-order valence-corrected chi connectivity index (χ3v) is 2.86. The van der Waals surface area contributed by atoms with E-state index in [4.69, 9.17) is 5.11 Å². The Morgan fingerprint density at radius 1 is 1.50 bits per heavy atom. The normalized spacial score (nSPS) is 13.0. The van der Waals surface area contributed by atoms with Gasteiger partial charge in [-0.15, -0.1) is 6.58 Å². The van der Waals surface area contributed by atoms with Gasteiger partial charge in [-0.1, -0.05) is 6.08 Å². The van der Waals surface area contributed by atoms with E-state index in [9.17, 15) is 9.59 Å². The average Bonchev–Trinajstić information content (AvgIpc) is 2.78. The molecule has 0 unspecified atom stereocenters. The van der Waals surface area contributed by atoms with Crippen LogP contribution in [-0.2, 0) is 6.42 Å². The molecule has 0 saturated heterocycles. The summed E-state index contributed by atoms with van der Waals surface area (Å²) in [6, 6.07) is 4.63. The highest BCUT2D eigenvalue weighted by atomic mass is 16.4. The van der Waals surface area contributed by atoms with Crippen LogP contribution < -0.4 is 10.2 Å². The first-order valence-electron chi connectivity index (χ1n) is 5.66. The molecule has 1 aliphatic rings. The van der Waals surface area contributed by atoms with Crippen LogP contribution in [-0.4, -0.2) is 30.2 Å². The lowest BCUT2D eigenvalue weighted by Gasteiger charge is -2.17. The minimum absolute atomic E-state index is 0.184. The van der Waals surface area contributed by atoms with E-state index in [1.807, 2.05) is 0 Å². The van der Waals surface area contributed by atoms with E-state index >= 15 is 0 Å². The van der Waals surface area contributed by atoms with Crippen molar-refractivity contribution in [1.29, 1.82) is 0 Å². The van der Waals surface area contributed by atoms with Crippen LogP contribution in [0.5, 0.6) is 0 Å². The zero-order valence-electron chi connectivity index (χ0n) is 9.85. The van der Waals surface area contributed by atoms with E-state index in [0.29, 0.717) is 19.5 Å². The Labute approximate surface area is 105 Å². The number of carboxylic acid groups (broad SMARTS) is 1. The molecule has 0 spiro atoms. The molecule has 2 N–H and O–H groups in total. The number of nitrogens with one attached hydrogen (secondary N) is 1. The molecule has 0 radical (unpaired) electrons. The van der Waals surface area contributed by atoms with Gasteiger partial charge in [0.15, 0.2) is 0 Å². The van der Waals surface area contributed by atoms with E-state index in [0.717, 1.165) is 11.3 Å². The number of nitrogens with zero attached hydrogens (tertiary/aromatic N) is 1. The molecule has 94 valence electrons. The van der Waals surface area contributed by atoms with Crippen LogP contribution in [0.15, 0.2) is 30.9 Å². The van der Waals surface area contributed by atoms with Crippen molar-refractivity contribution in [3.63, 3.8) is 0 Å². The molecule has 2 amide bonds. The Balaban J connectivity index is 2.21. The number of carbonyl (C=O) groups is 2. The van der Waals surface area contributed by atoms with Gasteiger partial charge in [0.05, 0.1) is 5.56 Å². The zero-order chi connectivity index (χ0) is 13.1. The lowest BCUT2D eigenvalue weighted by atomic mass is 10.1. The van der Waals surface area contributed by atoms with Crippen LogP contribution in [0.2, 0.25) is 0 Å². The lowest BCUT2D eigenvalue weighted by Crippen LogP contribution is -2.38. The summed E-state index contributed by atoms with van der Waals surface area (Å²) in [5.41, 5.74) is 1.92. The van der Waals surface area contributed by atoms with Crippen LogP contribution in [0.25, 0.3) is 0 Å². The van der Waals surface area contributed by atoms with Crippen molar-refractivity contribution in [3.05, 3.63) is 42.0 Å². The number of urea groups is 1. The Kier molecular flexibility index (Phi) is 3.32. The van der Waals surface area contributed by atoms with Crippen molar-refractivity contribution in [2.75, 3.05) is 18.0 Å². The summed E-state index contributed by atoms with van der Waals surface area (Å²) in [6.45, 7) is 4.52. The number of benzene rings is 1. The van der Waals surface area contributed by atoms with E-state index < -0.39 is 5.97 Å². The first-order valence-corrected chi connectivity index (χ1v) is 5.66. The Bertz CT molecular complexity index is 511. The fourth-order valence-electron chi connectivity index (χ4n) is 2.00. The van der Waals surface area contributed by atoms with Crippen LogP contribution in [0.1, 0.15) is 15.9 Å². The molecule has 0 fully saturated rings. The van der Waals surface area contributed by atoms with Gasteiger partial charge in [0.25, 0.3) is 0 Å². The van der Waals surface area contributed by atoms with E-state index in [2.05, 4.69) is 11.9 Å². The molecule has 0 bridgehead atoms. The van der Waals surface area contributed by atoms with Crippen molar-refractivity contribution in [2.24, 2.45) is 0 Å². The second kappa shape index (κ2) is 4.91. The van der Waals surface area contributed by atoms with E-state index in [-0.39, 0.29) is 11.6 Å². The van der Waals surface area contributed by atoms with Gasteiger partial charge in [-0.3, -0.25) is 4.90 Å². The van der Waals surface area contributed by atoms with Gasteiger partial charge in [0, 0.05) is 18.8 Å². The number of hydrogen-bond donors (Lipinski definition) is 2. The third kappa shape index (κ3) is 2.20. The van der Waals surface area contributed by atoms with Crippen LogP contribution in [0, 0.1) is 0 Å². The van der Waals surface area contributed by atoms with Gasteiger partial charge >= 0.3 is 12.0 Å². The van der Waals surface area contributed by atoms with Gasteiger partial charge in [0.2, 0.25) is 0 Å². The van der Waals surface area contributed by atoms with Crippen LogP contribution >= 0.6 is 0 Å². The molecule has 0 atom stereocenters. The van der Waals surface area contributed by atoms with Crippen molar-refractivity contribution in [2.45, 2.75) is 6.42 Å². The van der Waals surface area contributed by atoms with Crippen molar-refractivity contribution < 1.29 is 14.7 Å². The maximum atomic E-state index is 11.8. The number of hydrogen-bond acceptors (Lipinski definition) is 2. The second-order valence-electron chi connectivity index (χ2n) is 4.03. The quantitative estimate of drug-likeness (QED) is 0.796. The second-order valence-corrected chi connectivity index (χ2v) is 4.03. The monoisotopic (exact) mass is 246 g/mol. The number of amides is 2. The first-order chi connectivity index (χ1) is 8.63. The SMILES string of the molecule is C=CCNC(=O)N1CCc2cc(C(=O)O)ccc21. The smallest absolute Gasteiger partial charge is 0.335 e. The molecular weight excluding hydrogens is 232 g/mol. The molecule has 0 aliphatic carbocycles. The highest BCUT2D eigenvalue weighted by molar-refractivity contribution is 5.96. The minimum atomic E-state index is -0.952. The number of aromatic carboxylic acids is 1. The molecule has 1 heterocycles. The van der Waals surface area contributed by atoms with Gasteiger partial charge in [-0.25, -0.2) is 9.59 Å². The summed E-state index contributed by atoms with van der Waals surface area (Å²) in [6.07, 6.45) is 2.29. The predicted octanol–water partition coefficient (Wildman–Crippen LogP) is 1.64. The molecule has 2 rings (SSSR count). The highest BCUT2D eigenvalue weighted by Crippen LogP contribution is 2.28. The predicted molar refractivity (Wildman–Crippen MR) is 68.0 cm³/mol. The Morgan fingerprint density at radius 2 is 2.28 bits per heavy atom. The number of carbonyl (C=O) groups excluding carboxylic acids is 1. The molecule has 0 aromatic heterocycles. The van der Waals surface area contributed by atoms with Crippen LogP contribution in [0.3, 0.4) is 0 Å². The molecule has 1 aromatic rings. The standard InChI is InChI=1S/C13H14N2O3/c1-2-6-14-13(18)15-7-5-9-8-10(12(16)17)3-4-11(9)15/h2-4,8H,1,5-7H2,(H,14,18)(H,16,17). The fraction of sp³-hybridized carbons (Fsp3) is 0.231. The number of fused-ring (bicyclic) bond motifs is 1. The molecule has 5 nitrogen and oxygen atoms in total. The van der Waals surface area contributed by atoms with Crippen molar-refractivity contribution in [3.8, 4) is 0 Å². The van der Waals surface area contributed by atoms with E-state index in [1.165, 1.54) is 6.07 Å². The highest BCUT2D eigenvalue weighted by Gasteiger charge is 2.24. The number of anilines is 1. The fourth-order valence-corrected chi connectivity index (χ4v) is 2.00. The van der Waals surface area contributed by atoms with E-state index in [1.54, 1.807) is 23.1 Å². The van der Waals surface area contributed by atoms with Crippen molar-refractivity contribution in [1.82, 2.24) is 5.32 Å². The summed E-state index contributed by atoms with van der Waals surface area (Å²) < 4.78 is 0. The largest absolute Gasteiger partial charge is 0.478 e. The number of carboxylic acids is 1. The van der Waals surface area contributed by atoms with Gasteiger partial charge in [0.1, 0.15) is 0 Å². The zero-order valence-corrected chi connectivity index (χ0v) is 9.85. The summed E-state index contributed by atoms with van der Waals surface area (Å²) in [5.74, 6) is -0.952. The molecule has 1 aromatic carbocycles. The summed E-state index contributed by atoms with van der Waals surface area (Å²) in [5, 5.41) is 11.6. The average molecular weight is 246 g/mol. The Morgan fingerprint density at radius 3 is 2.94 bits per heavy atom. The topological polar surface area (TPSA) is 69.6 Å². The summed E-state index contributed by atoms with van der Waals surface area (Å²) in [4.78, 5) is 24.3. The Hall–Kier alpha value is -2.30. The van der Waals surface area contributed by atoms with Gasteiger partial charge in [-0.2, -0.15) is 0 Å². The molecule has 1 aliphatic heterocycles. The molecule has 18 heavy (non-hydrogen) atoms. The minimum Gasteiger partial charge on any atom is -0.478 e. The maximum Gasteiger partial charge on any atom is 0.335 e. The maximum absolute atomic E-state index is 11.8. The summed E-state index contributed by atoms with van der Waals surface area (Å²) >= 11 is 0. The molecule has 5 heteroatoms. The summed E-state index contributed by atoms with van der Waals surface area (Å²) in [7, 11) is 0. The van der Waals surface area contributed by atoms with Gasteiger partial charge < -0.3 is 10.4 Å². The third-order valence-electron chi connectivity index (χ3n) is 2.86. The molecular formula is C13H14N2O3. The van der Waals surface area contributed by atoms with Crippen LogP contribution in [0.4, 0.5) is 10.5 Å². The molecule has 0 saturated carbocycles. The number of rotatable bonds is 3. The first kappa shape index (κ1) is 12.2. The van der Waals surface area contributed by atoms with Crippen molar-refractivity contribution >= 4 is 17.7 Å².